The van der Waals surface area contributed by atoms with Gasteiger partial charge in [-0.3, -0.25) is 9.59 Å². The molecule has 4 rings (SSSR count). The molecule has 0 N–H and O–H groups in total. The van der Waals surface area contributed by atoms with Gasteiger partial charge in [0.15, 0.2) is 0 Å². The van der Waals surface area contributed by atoms with E-state index in [1.807, 2.05) is 58.0 Å². The van der Waals surface area contributed by atoms with E-state index in [1.54, 1.807) is 26.4 Å². The standard InChI is InChI=1S/C23H26N2O4S/c1-28-19-7-3-5-17(15-19)21(26)24-11-9-23(10-12-24)25(13-14-30-23)22(27)18-6-4-8-20(16-18)29-2/h3-8,15-16H,9-14H2,1-2H3. The Balaban J connectivity index is 1.47. The normalized spacial score (nSPS) is 17.8. The average molecular weight is 427 g/mol. The van der Waals surface area contributed by atoms with Crippen molar-refractivity contribution in [3.63, 3.8) is 0 Å². The van der Waals surface area contributed by atoms with E-state index < -0.39 is 0 Å². The minimum atomic E-state index is -0.245. The van der Waals surface area contributed by atoms with Crippen LogP contribution in [0.25, 0.3) is 0 Å². The molecule has 0 atom stereocenters. The molecular formula is C23H26N2O4S. The van der Waals surface area contributed by atoms with E-state index in [9.17, 15) is 9.59 Å². The zero-order chi connectivity index (χ0) is 21.1. The van der Waals surface area contributed by atoms with Crippen molar-refractivity contribution in [2.24, 2.45) is 0 Å². The van der Waals surface area contributed by atoms with Crippen LogP contribution >= 0.6 is 11.8 Å². The Morgan fingerprint density at radius 1 is 0.867 bits per heavy atom. The summed E-state index contributed by atoms with van der Waals surface area (Å²) in [5.41, 5.74) is 1.28. The third-order valence-electron chi connectivity index (χ3n) is 5.89. The first-order valence-electron chi connectivity index (χ1n) is 10.1. The average Bonchev–Trinajstić information content (AvgIpc) is 3.21. The van der Waals surface area contributed by atoms with Crippen LogP contribution in [0.1, 0.15) is 33.6 Å². The summed E-state index contributed by atoms with van der Waals surface area (Å²) in [6.07, 6.45) is 1.53. The summed E-state index contributed by atoms with van der Waals surface area (Å²) in [6.45, 7) is 1.99. The molecule has 0 saturated carbocycles. The van der Waals surface area contributed by atoms with Crippen LogP contribution < -0.4 is 9.47 Å². The number of methoxy groups -OCH3 is 2. The van der Waals surface area contributed by atoms with Gasteiger partial charge in [-0.2, -0.15) is 0 Å². The van der Waals surface area contributed by atoms with E-state index in [2.05, 4.69) is 0 Å². The number of carbonyl (C=O) groups excluding carboxylic acids is 2. The Morgan fingerprint density at radius 3 is 2.00 bits per heavy atom. The van der Waals surface area contributed by atoms with Gasteiger partial charge in [0.05, 0.1) is 19.1 Å². The zero-order valence-electron chi connectivity index (χ0n) is 17.3. The van der Waals surface area contributed by atoms with Crippen molar-refractivity contribution in [3.8, 4) is 11.5 Å². The fourth-order valence-corrected chi connectivity index (χ4v) is 5.67. The molecule has 158 valence electrons. The molecule has 0 aromatic heterocycles. The quantitative estimate of drug-likeness (QED) is 0.749. The van der Waals surface area contributed by atoms with Gasteiger partial charge in [0.2, 0.25) is 0 Å². The van der Waals surface area contributed by atoms with Crippen LogP contribution in [0, 0.1) is 0 Å². The van der Waals surface area contributed by atoms with Gasteiger partial charge in [-0.05, 0) is 49.2 Å². The summed E-state index contributed by atoms with van der Waals surface area (Å²) in [5, 5.41) is 0. The van der Waals surface area contributed by atoms with Crippen molar-refractivity contribution >= 4 is 23.6 Å². The largest absolute Gasteiger partial charge is 0.497 e. The Labute approximate surface area is 181 Å². The van der Waals surface area contributed by atoms with Crippen LogP contribution in [-0.2, 0) is 0 Å². The second-order valence-electron chi connectivity index (χ2n) is 7.51. The van der Waals surface area contributed by atoms with Gasteiger partial charge in [-0.1, -0.05) is 12.1 Å². The highest BCUT2D eigenvalue weighted by Crippen LogP contribution is 2.44. The highest BCUT2D eigenvalue weighted by molar-refractivity contribution is 8.00. The van der Waals surface area contributed by atoms with Crippen LogP contribution in [-0.4, -0.2) is 66.1 Å². The summed E-state index contributed by atoms with van der Waals surface area (Å²) in [5.74, 6) is 2.32. The van der Waals surface area contributed by atoms with Crippen molar-refractivity contribution in [2.45, 2.75) is 17.7 Å². The van der Waals surface area contributed by atoms with Gasteiger partial charge in [0.25, 0.3) is 11.8 Å². The molecule has 0 bridgehead atoms. The monoisotopic (exact) mass is 426 g/mol. The number of hydrogen-bond donors (Lipinski definition) is 0. The predicted octanol–water partition coefficient (Wildman–Crippen LogP) is 3.53. The molecule has 2 heterocycles. The lowest BCUT2D eigenvalue weighted by atomic mass is 10.00. The van der Waals surface area contributed by atoms with Gasteiger partial charge >= 0.3 is 0 Å². The first kappa shape index (κ1) is 20.6. The van der Waals surface area contributed by atoms with Gasteiger partial charge in [-0.25, -0.2) is 0 Å². The first-order chi connectivity index (χ1) is 14.6. The van der Waals surface area contributed by atoms with Crippen molar-refractivity contribution in [2.75, 3.05) is 39.6 Å². The van der Waals surface area contributed by atoms with E-state index in [1.165, 1.54) is 0 Å². The molecule has 2 aromatic carbocycles. The topological polar surface area (TPSA) is 59.1 Å². The molecule has 0 unspecified atom stereocenters. The van der Waals surface area contributed by atoms with Gasteiger partial charge < -0.3 is 19.3 Å². The number of nitrogens with zero attached hydrogens (tertiary/aromatic N) is 2. The molecule has 2 aliphatic heterocycles. The zero-order valence-corrected chi connectivity index (χ0v) is 18.1. The molecule has 30 heavy (non-hydrogen) atoms. The van der Waals surface area contributed by atoms with Gasteiger partial charge in [0, 0.05) is 36.5 Å². The number of benzene rings is 2. The second-order valence-corrected chi connectivity index (χ2v) is 8.96. The van der Waals surface area contributed by atoms with Crippen LogP contribution in [0.4, 0.5) is 0 Å². The Bertz CT molecular complexity index is 940. The Hall–Kier alpha value is -2.67. The molecule has 1 spiro atoms. The maximum atomic E-state index is 13.3. The number of hydrogen-bond acceptors (Lipinski definition) is 5. The van der Waals surface area contributed by atoms with E-state index in [0.29, 0.717) is 35.7 Å². The Kier molecular flexibility index (Phi) is 5.90. The summed E-state index contributed by atoms with van der Waals surface area (Å²) in [4.78, 5) is 29.8. The van der Waals surface area contributed by atoms with Gasteiger partial charge in [-0.15, -0.1) is 11.8 Å². The number of ether oxygens (including phenoxy) is 2. The van der Waals surface area contributed by atoms with E-state index in [0.717, 1.165) is 25.1 Å². The second kappa shape index (κ2) is 8.60. The highest BCUT2D eigenvalue weighted by Gasteiger charge is 2.47. The molecule has 6 nitrogen and oxygen atoms in total. The number of carbonyl (C=O) groups is 2. The number of rotatable bonds is 4. The molecule has 0 radical (unpaired) electrons. The summed E-state index contributed by atoms with van der Waals surface area (Å²) in [6, 6.07) is 14.6. The fourth-order valence-electron chi connectivity index (χ4n) is 4.22. The lowest BCUT2D eigenvalue weighted by molar-refractivity contribution is 0.0497. The van der Waals surface area contributed by atoms with Crippen molar-refractivity contribution in [1.82, 2.24) is 9.80 Å². The highest BCUT2D eigenvalue weighted by atomic mass is 32.2. The lowest BCUT2D eigenvalue weighted by Gasteiger charge is -2.44. The van der Waals surface area contributed by atoms with Crippen LogP contribution in [0.3, 0.4) is 0 Å². The van der Waals surface area contributed by atoms with Crippen LogP contribution in [0.2, 0.25) is 0 Å². The summed E-state index contributed by atoms with van der Waals surface area (Å²) < 4.78 is 10.5. The summed E-state index contributed by atoms with van der Waals surface area (Å²) >= 11 is 1.84. The lowest BCUT2D eigenvalue weighted by Crippen LogP contribution is -2.53. The SMILES string of the molecule is COc1cccc(C(=O)N2CCC3(CC2)SCCN3C(=O)c2cccc(OC)c2)c1. The third kappa shape index (κ3) is 3.86. The Morgan fingerprint density at radius 2 is 1.43 bits per heavy atom. The maximum Gasteiger partial charge on any atom is 0.255 e. The number of piperidine rings is 1. The molecule has 2 aliphatic rings. The van der Waals surface area contributed by atoms with Crippen LogP contribution in [0.5, 0.6) is 11.5 Å². The number of amides is 2. The first-order valence-corrected chi connectivity index (χ1v) is 11.1. The smallest absolute Gasteiger partial charge is 0.255 e. The fraction of sp³-hybridized carbons (Fsp3) is 0.391. The van der Waals surface area contributed by atoms with E-state index >= 15 is 0 Å². The molecule has 0 aliphatic carbocycles. The van der Waals surface area contributed by atoms with Gasteiger partial charge in [0.1, 0.15) is 11.5 Å². The van der Waals surface area contributed by atoms with Crippen molar-refractivity contribution < 1.29 is 19.1 Å². The maximum absolute atomic E-state index is 13.3. The van der Waals surface area contributed by atoms with Crippen molar-refractivity contribution in [1.29, 1.82) is 0 Å². The number of likely N-dealkylation sites (tertiary alicyclic amines) is 1. The predicted molar refractivity (Wildman–Crippen MR) is 117 cm³/mol. The molecular weight excluding hydrogens is 400 g/mol. The minimum Gasteiger partial charge on any atom is -0.497 e. The minimum absolute atomic E-state index is 0.0115. The van der Waals surface area contributed by atoms with E-state index in [4.69, 9.17) is 9.47 Å². The molecule has 2 fully saturated rings. The molecule has 2 aromatic rings. The van der Waals surface area contributed by atoms with E-state index in [-0.39, 0.29) is 16.7 Å². The molecule has 2 saturated heterocycles. The molecule has 2 amide bonds. The van der Waals surface area contributed by atoms with Crippen LogP contribution in [0.15, 0.2) is 48.5 Å². The number of thioether (sulfide) groups is 1. The molecule has 7 heteroatoms. The summed E-state index contributed by atoms with van der Waals surface area (Å²) in [7, 11) is 3.20. The van der Waals surface area contributed by atoms with Crippen molar-refractivity contribution in [3.05, 3.63) is 59.7 Å². The third-order valence-corrected chi connectivity index (χ3v) is 7.44.